The average molecular weight is 352 g/mol. The summed E-state index contributed by atoms with van der Waals surface area (Å²) in [5.41, 5.74) is 2.24. The maximum absolute atomic E-state index is 11.3. The highest BCUT2D eigenvalue weighted by Gasteiger charge is 2.15. The first-order valence-corrected chi connectivity index (χ1v) is 7.75. The lowest BCUT2D eigenvalue weighted by Gasteiger charge is -2.14. The summed E-state index contributed by atoms with van der Waals surface area (Å²) < 4.78 is 11.1. The monoisotopic (exact) mass is 352 g/mol. The van der Waals surface area contributed by atoms with Crippen LogP contribution in [0.1, 0.15) is 26.3 Å². The van der Waals surface area contributed by atoms with Gasteiger partial charge in [-0.2, -0.15) is 5.10 Å². The number of nitrogens with one attached hydrogen (secondary N) is 1. The van der Waals surface area contributed by atoms with Crippen LogP contribution in [0, 0.1) is 0 Å². The number of hydrogen-bond acceptors (Lipinski definition) is 5. The van der Waals surface area contributed by atoms with Crippen molar-refractivity contribution in [3.05, 3.63) is 65.4 Å². The predicted molar refractivity (Wildman–Crippen MR) is 93.7 cm³/mol. The number of aromatic nitrogens is 2. The summed E-state index contributed by atoms with van der Waals surface area (Å²) in [4.78, 5) is 22.5. The highest BCUT2D eigenvalue weighted by atomic mass is 16.5. The van der Waals surface area contributed by atoms with Crippen molar-refractivity contribution in [2.45, 2.75) is 6.61 Å². The molecule has 2 N–H and O–H groups in total. The zero-order valence-electron chi connectivity index (χ0n) is 13.9. The van der Waals surface area contributed by atoms with Crippen molar-refractivity contribution >= 4 is 12.3 Å². The summed E-state index contributed by atoms with van der Waals surface area (Å²) in [5, 5.41) is 16.0. The number of benzene rings is 2. The molecule has 0 atom stereocenters. The van der Waals surface area contributed by atoms with Gasteiger partial charge in [0.1, 0.15) is 18.1 Å². The Kier molecular flexibility index (Phi) is 4.98. The Morgan fingerprint density at radius 1 is 1.27 bits per heavy atom. The second-order valence-electron chi connectivity index (χ2n) is 5.43. The molecule has 0 saturated carbocycles. The van der Waals surface area contributed by atoms with E-state index in [1.807, 2.05) is 0 Å². The van der Waals surface area contributed by atoms with Crippen molar-refractivity contribution in [2.24, 2.45) is 0 Å². The van der Waals surface area contributed by atoms with Gasteiger partial charge in [0.05, 0.1) is 30.1 Å². The number of carboxylic acids is 1. The van der Waals surface area contributed by atoms with Crippen molar-refractivity contribution in [1.82, 2.24) is 10.2 Å². The maximum Gasteiger partial charge on any atom is 0.336 e. The highest BCUT2D eigenvalue weighted by Crippen LogP contribution is 2.34. The molecule has 0 amide bonds. The van der Waals surface area contributed by atoms with Gasteiger partial charge < -0.3 is 14.6 Å². The second-order valence-corrected chi connectivity index (χ2v) is 5.43. The summed E-state index contributed by atoms with van der Waals surface area (Å²) in [6.45, 7) is 0.0488. The Labute approximate surface area is 149 Å². The molecule has 0 bridgehead atoms. The lowest BCUT2D eigenvalue weighted by molar-refractivity contribution is 0.0693. The van der Waals surface area contributed by atoms with Gasteiger partial charge >= 0.3 is 5.97 Å². The number of aldehydes is 1. The van der Waals surface area contributed by atoms with E-state index in [0.717, 1.165) is 0 Å². The van der Waals surface area contributed by atoms with Gasteiger partial charge in [-0.05, 0) is 18.2 Å². The molecular formula is C19H16N2O5. The normalized spacial score (nSPS) is 10.3. The van der Waals surface area contributed by atoms with Crippen LogP contribution in [0.3, 0.4) is 0 Å². The fourth-order valence-electron chi connectivity index (χ4n) is 2.57. The first-order chi connectivity index (χ1) is 12.6. The molecular weight excluding hydrogens is 336 g/mol. The summed E-state index contributed by atoms with van der Waals surface area (Å²) in [5.74, 6) is -0.00814. The van der Waals surface area contributed by atoms with Gasteiger partial charge in [0, 0.05) is 17.2 Å². The highest BCUT2D eigenvalue weighted by molar-refractivity contribution is 5.89. The second kappa shape index (κ2) is 7.52. The van der Waals surface area contributed by atoms with E-state index in [-0.39, 0.29) is 12.2 Å². The van der Waals surface area contributed by atoms with E-state index in [4.69, 9.17) is 9.47 Å². The number of rotatable bonds is 7. The van der Waals surface area contributed by atoms with Crippen molar-refractivity contribution in [3.63, 3.8) is 0 Å². The zero-order chi connectivity index (χ0) is 18.5. The number of aromatic carboxylic acids is 1. The van der Waals surface area contributed by atoms with Crippen LogP contribution < -0.4 is 9.47 Å². The van der Waals surface area contributed by atoms with Gasteiger partial charge in [0.15, 0.2) is 6.29 Å². The zero-order valence-corrected chi connectivity index (χ0v) is 13.9. The van der Waals surface area contributed by atoms with Crippen molar-refractivity contribution in [3.8, 4) is 22.8 Å². The molecule has 3 rings (SSSR count). The molecule has 0 saturated heterocycles. The smallest absolute Gasteiger partial charge is 0.336 e. The van der Waals surface area contributed by atoms with Crippen LogP contribution >= 0.6 is 0 Å². The molecule has 0 aliphatic rings. The van der Waals surface area contributed by atoms with Crippen LogP contribution in [0.4, 0.5) is 0 Å². The van der Waals surface area contributed by atoms with Crippen molar-refractivity contribution in [2.75, 3.05) is 7.11 Å². The molecule has 26 heavy (non-hydrogen) atoms. The third kappa shape index (κ3) is 3.41. The molecule has 7 heteroatoms. The lowest BCUT2D eigenvalue weighted by atomic mass is 10.1. The van der Waals surface area contributed by atoms with E-state index >= 15 is 0 Å². The molecule has 2 aromatic carbocycles. The number of carboxylic acid groups (broad SMARTS) is 1. The number of nitrogens with zero attached hydrogens (tertiary/aromatic N) is 1. The number of methoxy groups -OCH3 is 1. The van der Waals surface area contributed by atoms with E-state index in [1.54, 1.807) is 36.4 Å². The number of H-pyrrole nitrogens is 1. The Balaban J connectivity index is 1.97. The third-order valence-corrected chi connectivity index (χ3v) is 3.88. The van der Waals surface area contributed by atoms with Crippen LogP contribution in [-0.4, -0.2) is 34.7 Å². The average Bonchev–Trinajstić information content (AvgIpc) is 3.14. The number of hydrogen-bond donors (Lipinski definition) is 2. The van der Waals surface area contributed by atoms with Crippen molar-refractivity contribution < 1.29 is 24.2 Å². The van der Waals surface area contributed by atoms with Crippen LogP contribution in [0.5, 0.6) is 11.5 Å². The van der Waals surface area contributed by atoms with Crippen LogP contribution in [-0.2, 0) is 6.61 Å². The molecule has 0 aliphatic carbocycles. The molecule has 0 aliphatic heterocycles. The molecule has 3 aromatic rings. The first kappa shape index (κ1) is 17.2. The molecule has 132 valence electrons. The molecule has 0 spiro atoms. The van der Waals surface area contributed by atoms with Gasteiger partial charge in [-0.1, -0.05) is 18.2 Å². The minimum Gasteiger partial charge on any atom is -0.497 e. The Morgan fingerprint density at radius 3 is 2.81 bits per heavy atom. The third-order valence-electron chi connectivity index (χ3n) is 3.88. The fraction of sp³-hybridized carbons (Fsp3) is 0.105. The Morgan fingerprint density at radius 2 is 2.08 bits per heavy atom. The molecule has 7 nitrogen and oxygen atoms in total. The lowest BCUT2D eigenvalue weighted by Crippen LogP contribution is -2.06. The van der Waals surface area contributed by atoms with Crippen molar-refractivity contribution in [1.29, 1.82) is 0 Å². The Hall–Kier alpha value is -3.61. The standard InChI is InChI=1S/C19H16N2O5/c1-25-14-6-7-16(18-13(10-22)9-20-21-18)17(8-14)26-11-12-4-2-3-5-15(12)19(23)24/h2-10H,11H2,1H3,(H,20,21)(H,23,24). The van der Waals surface area contributed by atoms with Crippen LogP contribution in [0.25, 0.3) is 11.3 Å². The molecule has 0 fully saturated rings. The minimum absolute atomic E-state index is 0.0488. The number of carbonyl (C=O) groups is 2. The van der Waals surface area contributed by atoms with E-state index in [0.29, 0.717) is 40.2 Å². The van der Waals surface area contributed by atoms with Crippen LogP contribution in [0.15, 0.2) is 48.7 Å². The number of ether oxygens (including phenoxy) is 2. The van der Waals surface area contributed by atoms with E-state index < -0.39 is 5.97 Å². The first-order valence-electron chi connectivity index (χ1n) is 7.75. The summed E-state index contributed by atoms with van der Waals surface area (Å²) in [6, 6.07) is 11.8. The van der Waals surface area contributed by atoms with Gasteiger partial charge in [-0.3, -0.25) is 9.89 Å². The summed E-state index contributed by atoms with van der Waals surface area (Å²) in [6.07, 6.45) is 2.13. The quantitative estimate of drug-likeness (QED) is 0.633. The molecule has 0 unspecified atom stereocenters. The molecule has 0 radical (unpaired) electrons. The molecule has 1 aromatic heterocycles. The van der Waals surface area contributed by atoms with E-state index in [1.165, 1.54) is 19.4 Å². The van der Waals surface area contributed by atoms with Gasteiger partial charge in [0.2, 0.25) is 0 Å². The topological polar surface area (TPSA) is 102 Å². The summed E-state index contributed by atoms with van der Waals surface area (Å²) in [7, 11) is 1.53. The number of carbonyl (C=O) groups excluding carboxylic acids is 1. The fourth-order valence-corrected chi connectivity index (χ4v) is 2.57. The van der Waals surface area contributed by atoms with Crippen LogP contribution in [0.2, 0.25) is 0 Å². The SMILES string of the molecule is COc1ccc(-c2[nH]ncc2C=O)c(OCc2ccccc2C(=O)O)c1. The predicted octanol–water partition coefficient (Wildman–Crippen LogP) is 3.18. The van der Waals surface area contributed by atoms with E-state index in [2.05, 4.69) is 10.2 Å². The van der Waals surface area contributed by atoms with E-state index in [9.17, 15) is 14.7 Å². The molecule has 1 heterocycles. The Bertz CT molecular complexity index is 949. The van der Waals surface area contributed by atoms with Gasteiger partial charge in [-0.15, -0.1) is 0 Å². The maximum atomic E-state index is 11.3. The minimum atomic E-state index is -1.02. The summed E-state index contributed by atoms with van der Waals surface area (Å²) >= 11 is 0. The number of aromatic amines is 1. The largest absolute Gasteiger partial charge is 0.497 e. The van der Waals surface area contributed by atoms with Gasteiger partial charge in [0.25, 0.3) is 0 Å². The van der Waals surface area contributed by atoms with Gasteiger partial charge in [-0.25, -0.2) is 4.79 Å².